The number of benzene rings is 1. The average molecular weight is 119 g/mol. The van der Waals surface area contributed by atoms with Crippen molar-refractivity contribution in [1.29, 1.82) is 0 Å². The largest absolute Gasteiger partial charge is 0.361 e. The maximum absolute atomic E-state index is 7.44. The van der Waals surface area contributed by atoms with E-state index in [0.29, 0.717) is 6.04 Å². The van der Waals surface area contributed by atoms with E-state index in [2.05, 4.69) is 0 Å². The summed E-state index contributed by atoms with van der Waals surface area (Å²) in [5, 5.41) is 0.836. The number of fused-ring (bicyclic) bond motifs is 1. The van der Waals surface area contributed by atoms with Crippen LogP contribution >= 0.6 is 0 Å². The second-order valence-corrected chi connectivity index (χ2v) is 1.92. The van der Waals surface area contributed by atoms with Gasteiger partial charge in [0.05, 0.1) is 1.37 Å². The quantitative estimate of drug-likeness (QED) is 0.547. The molecule has 1 heteroatoms. The first-order valence-electron chi connectivity index (χ1n) is 3.80. The van der Waals surface area contributed by atoms with Crippen molar-refractivity contribution in [2.45, 2.75) is 0 Å². The van der Waals surface area contributed by atoms with Gasteiger partial charge < -0.3 is 4.98 Å². The predicted octanol–water partition coefficient (Wildman–Crippen LogP) is 2.17. The van der Waals surface area contributed by atoms with Gasteiger partial charge in [0, 0.05) is 11.7 Å². The molecule has 2 aromatic rings. The highest BCUT2D eigenvalue weighted by molar-refractivity contribution is 5.78. The lowest BCUT2D eigenvalue weighted by Gasteiger charge is -1.83. The standard InChI is InChI=1S/C8H7N/c1-2-4-8-7(3-1)5-6-9-8/h1-6,9H/i5D/hD. The Morgan fingerprint density at radius 2 is 2.33 bits per heavy atom. The van der Waals surface area contributed by atoms with E-state index in [1.807, 2.05) is 24.3 Å². The molecule has 9 heavy (non-hydrogen) atoms. The summed E-state index contributed by atoms with van der Waals surface area (Å²) in [5.74, 6) is 0. The van der Waals surface area contributed by atoms with E-state index in [1.54, 1.807) is 0 Å². The Hall–Kier alpha value is -1.24. The molecule has 1 aromatic heterocycles. The van der Waals surface area contributed by atoms with Crippen LogP contribution in [0.3, 0.4) is 0 Å². The first-order chi connectivity index (χ1) is 5.29. The maximum Gasteiger partial charge on any atom is 0.166 e. The second kappa shape index (κ2) is 1.62. The Bertz CT molecular complexity index is 356. The molecule has 0 bridgehead atoms. The van der Waals surface area contributed by atoms with Crippen molar-refractivity contribution in [3.8, 4) is 0 Å². The molecule has 0 atom stereocenters. The van der Waals surface area contributed by atoms with E-state index in [4.69, 9.17) is 2.78 Å². The van der Waals surface area contributed by atoms with Crippen molar-refractivity contribution >= 4 is 10.9 Å². The van der Waals surface area contributed by atoms with Crippen LogP contribution in [-0.4, -0.2) is 4.98 Å². The summed E-state index contributed by atoms with van der Waals surface area (Å²) in [6, 6.07) is 7.84. The first-order valence-corrected chi connectivity index (χ1v) is 2.85. The second-order valence-electron chi connectivity index (χ2n) is 1.92. The van der Waals surface area contributed by atoms with E-state index >= 15 is 0 Å². The number of nitrogens with one attached hydrogen (secondary N) is 1. The molecule has 0 fully saturated rings. The van der Waals surface area contributed by atoms with Crippen LogP contribution in [0.25, 0.3) is 10.9 Å². The lowest BCUT2D eigenvalue weighted by Crippen LogP contribution is -1.61. The average Bonchev–Trinajstić information content (AvgIpc) is 2.30. The molecule has 1 nitrogen and oxygen atoms in total. The number of hydrogen-bond acceptors (Lipinski definition) is 0. The van der Waals surface area contributed by atoms with Crippen molar-refractivity contribution < 1.29 is 2.78 Å². The van der Waals surface area contributed by atoms with Crippen LogP contribution < -0.4 is 0 Å². The summed E-state index contributed by atoms with van der Waals surface area (Å²) in [7, 11) is 0. The molecule has 44 valence electrons. The Morgan fingerprint density at radius 1 is 1.44 bits per heavy atom. The van der Waals surface area contributed by atoms with Gasteiger partial charge in [-0.25, -0.2) is 0 Å². The highest BCUT2D eigenvalue weighted by Gasteiger charge is 1.86. The van der Waals surface area contributed by atoms with Crippen LogP contribution in [0.5, 0.6) is 0 Å². The molecular formula is C8H7N. The zero-order valence-corrected chi connectivity index (χ0v) is 4.83. The van der Waals surface area contributed by atoms with Crippen molar-refractivity contribution in [1.82, 2.24) is 4.98 Å². The topological polar surface area (TPSA) is 15.8 Å². The fourth-order valence-electron chi connectivity index (χ4n) is 0.880. The zero-order valence-electron chi connectivity index (χ0n) is 6.83. The minimum absolute atomic E-state index is 0.413. The van der Waals surface area contributed by atoms with Crippen LogP contribution in [0, 0.1) is 0 Å². The first kappa shape index (κ1) is 3.06. The van der Waals surface area contributed by atoms with Gasteiger partial charge in [0.2, 0.25) is 0 Å². The third-order valence-corrected chi connectivity index (χ3v) is 1.33. The molecule has 1 N–H and O–H groups in total. The summed E-state index contributed by atoms with van der Waals surface area (Å²) in [6.07, 6.45) is 1.49. The van der Waals surface area contributed by atoms with Gasteiger partial charge in [-0.15, -0.1) is 0 Å². The van der Waals surface area contributed by atoms with Crippen molar-refractivity contribution in [2.24, 2.45) is 0 Å². The smallest absolute Gasteiger partial charge is 0.166 e. The fraction of sp³-hybridized carbons (Fsp3) is 0. The van der Waals surface area contributed by atoms with Crippen molar-refractivity contribution in [3.05, 3.63) is 36.5 Å². The molecule has 0 saturated carbocycles. The third kappa shape index (κ3) is 0.617. The Kier molecular flexibility index (Phi) is 0.552. The maximum atomic E-state index is 7.44. The summed E-state index contributed by atoms with van der Waals surface area (Å²) in [4.78, 5) is 1.22. The monoisotopic (exact) mass is 119 g/mol. The minimum atomic E-state index is 0.413. The highest BCUT2D eigenvalue weighted by atomic mass is 14.6. The highest BCUT2D eigenvalue weighted by Crippen LogP contribution is 2.09. The molecule has 0 aliphatic heterocycles. The van der Waals surface area contributed by atoms with Crippen LogP contribution in [-0.2, 0) is 0 Å². The van der Waals surface area contributed by atoms with E-state index < -0.39 is 0 Å². The van der Waals surface area contributed by atoms with Gasteiger partial charge in [-0.1, -0.05) is 18.2 Å². The van der Waals surface area contributed by atoms with E-state index in [1.165, 1.54) is 11.2 Å². The molecule has 0 aliphatic rings. The Morgan fingerprint density at radius 3 is 3.22 bits per heavy atom. The number of aromatic nitrogens is 1. The van der Waals surface area contributed by atoms with Crippen LogP contribution in [0.15, 0.2) is 36.5 Å². The van der Waals surface area contributed by atoms with Crippen LogP contribution in [0.4, 0.5) is 0 Å². The van der Waals surface area contributed by atoms with E-state index in [9.17, 15) is 0 Å². The summed E-state index contributed by atoms with van der Waals surface area (Å²) in [5.41, 5.74) is 0.789. The summed E-state index contributed by atoms with van der Waals surface area (Å²) in [6.45, 7) is 0. The molecular weight excluding hydrogens is 110 g/mol. The minimum Gasteiger partial charge on any atom is -0.361 e. The lowest BCUT2D eigenvalue weighted by atomic mass is 10.3. The van der Waals surface area contributed by atoms with E-state index in [-0.39, 0.29) is 0 Å². The Labute approximate surface area is 56.2 Å². The van der Waals surface area contributed by atoms with Crippen LogP contribution in [0.2, 0.25) is 1.41 Å². The van der Waals surface area contributed by atoms with Gasteiger partial charge in [-0.3, -0.25) is 0 Å². The van der Waals surface area contributed by atoms with Gasteiger partial charge in [-0.2, -0.15) is 0 Å². The van der Waals surface area contributed by atoms with Gasteiger partial charge in [0.1, 0.15) is 0 Å². The molecule has 0 amide bonds. The lowest BCUT2D eigenvalue weighted by molar-refractivity contribution is 1.48. The molecule has 0 radical (unpaired) electrons. The summed E-state index contributed by atoms with van der Waals surface area (Å²) >= 11 is 0. The number of H-pyrrole nitrogens is 1. The van der Waals surface area contributed by atoms with E-state index in [0.717, 1.165) is 10.9 Å². The molecule has 0 unspecified atom stereocenters. The molecule has 2 rings (SSSR count). The normalized spacial score (nSPS) is 13.3. The number of hydrogen-bond donors (Lipinski definition) is 1. The zero-order chi connectivity index (χ0) is 7.84. The molecule has 0 aliphatic carbocycles. The van der Waals surface area contributed by atoms with Gasteiger partial charge in [0.15, 0.2) is 1.41 Å². The fourth-order valence-corrected chi connectivity index (χ4v) is 0.880. The van der Waals surface area contributed by atoms with Gasteiger partial charge >= 0.3 is 0 Å². The van der Waals surface area contributed by atoms with Crippen LogP contribution in [0.1, 0.15) is 1.37 Å². The number of aromatic amines is 1. The van der Waals surface area contributed by atoms with Crippen molar-refractivity contribution in [2.75, 3.05) is 0 Å². The van der Waals surface area contributed by atoms with Crippen molar-refractivity contribution in [3.63, 3.8) is 0 Å². The number of para-hydroxylation sites is 1. The molecule has 1 heterocycles. The predicted molar refractivity (Wildman–Crippen MR) is 38.3 cm³/mol. The van der Waals surface area contributed by atoms with Gasteiger partial charge in [0.25, 0.3) is 0 Å². The third-order valence-electron chi connectivity index (χ3n) is 1.33. The summed E-state index contributed by atoms with van der Waals surface area (Å²) < 4.78 is 14.8. The van der Waals surface area contributed by atoms with Gasteiger partial charge in [-0.05, 0) is 17.5 Å². The Balaban J connectivity index is 2.95. The SMILES string of the molecule is [2H]c1cn([2H])c2ccccc12. The molecule has 1 aromatic carbocycles. The molecule has 0 spiro atoms. The number of rotatable bonds is 0. The molecule has 0 saturated heterocycles.